The van der Waals surface area contributed by atoms with Crippen LogP contribution in [-0.4, -0.2) is 24.9 Å². The molecule has 0 radical (unpaired) electrons. The number of rotatable bonds is 6. The molecule has 3 rings (SSSR count). The van der Waals surface area contributed by atoms with Crippen LogP contribution < -0.4 is 5.69 Å². The monoisotopic (exact) mass is 295 g/mol. The molecule has 2 heterocycles. The van der Waals surface area contributed by atoms with Crippen molar-refractivity contribution in [3.8, 4) is 0 Å². The number of nitrogens with zero attached hydrogens (tertiary/aromatic N) is 4. The molecule has 8 heteroatoms. The van der Waals surface area contributed by atoms with Gasteiger partial charge in [-0.05, 0) is 18.8 Å². The van der Waals surface area contributed by atoms with Crippen molar-refractivity contribution in [2.75, 3.05) is 0 Å². The SMILES string of the molecule is CC(C)Cc1nc(CSc2n[nH]c(=O)n2C2CC2)no1. The molecule has 2 aromatic heterocycles. The summed E-state index contributed by atoms with van der Waals surface area (Å²) < 4.78 is 6.91. The first-order chi connectivity index (χ1) is 9.63. The van der Waals surface area contributed by atoms with Gasteiger partial charge in [0.1, 0.15) is 0 Å². The molecule has 0 spiro atoms. The summed E-state index contributed by atoms with van der Waals surface area (Å²) in [4.78, 5) is 16.0. The maximum Gasteiger partial charge on any atom is 0.344 e. The van der Waals surface area contributed by atoms with Gasteiger partial charge in [-0.3, -0.25) is 4.57 Å². The first-order valence-electron chi connectivity index (χ1n) is 6.74. The van der Waals surface area contributed by atoms with Gasteiger partial charge in [-0.25, -0.2) is 9.89 Å². The first-order valence-corrected chi connectivity index (χ1v) is 7.73. The van der Waals surface area contributed by atoms with E-state index >= 15 is 0 Å². The van der Waals surface area contributed by atoms with Crippen molar-refractivity contribution in [1.29, 1.82) is 0 Å². The van der Waals surface area contributed by atoms with Gasteiger partial charge in [0.25, 0.3) is 0 Å². The van der Waals surface area contributed by atoms with Gasteiger partial charge < -0.3 is 4.52 Å². The summed E-state index contributed by atoms with van der Waals surface area (Å²) >= 11 is 1.46. The molecule has 1 aliphatic carbocycles. The van der Waals surface area contributed by atoms with Crippen molar-refractivity contribution < 1.29 is 4.52 Å². The molecule has 0 aliphatic heterocycles. The Labute approximate surface area is 120 Å². The van der Waals surface area contributed by atoms with Gasteiger partial charge in [-0.2, -0.15) is 4.98 Å². The number of aromatic nitrogens is 5. The Balaban J connectivity index is 1.64. The van der Waals surface area contributed by atoms with Crippen molar-refractivity contribution in [2.45, 2.75) is 50.1 Å². The summed E-state index contributed by atoms with van der Waals surface area (Å²) in [5.74, 6) is 2.35. The number of hydrogen-bond acceptors (Lipinski definition) is 6. The van der Waals surface area contributed by atoms with Gasteiger partial charge in [0.2, 0.25) is 5.89 Å². The molecule has 0 bridgehead atoms. The van der Waals surface area contributed by atoms with Gasteiger partial charge in [0.15, 0.2) is 11.0 Å². The fraction of sp³-hybridized carbons (Fsp3) is 0.667. The molecule has 2 aromatic rings. The number of aromatic amines is 1. The highest BCUT2D eigenvalue weighted by Gasteiger charge is 2.28. The highest BCUT2D eigenvalue weighted by molar-refractivity contribution is 7.98. The number of nitrogens with one attached hydrogen (secondary N) is 1. The molecule has 0 aromatic carbocycles. The summed E-state index contributed by atoms with van der Waals surface area (Å²) in [6.07, 6.45) is 2.88. The molecule has 1 saturated carbocycles. The maximum atomic E-state index is 11.6. The van der Waals surface area contributed by atoms with Crippen LogP contribution in [0.5, 0.6) is 0 Å². The molecule has 1 N–H and O–H groups in total. The second-order valence-electron chi connectivity index (χ2n) is 5.40. The van der Waals surface area contributed by atoms with E-state index in [1.165, 1.54) is 11.8 Å². The zero-order chi connectivity index (χ0) is 14.1. The minimum absolute atomic E-state index is 0.136. The smallest absolute Gasteiger partial charge is 0.339 e. The van der Waals surface area contributed by atoms with Crippen molar-refractivity contribution >= 4 is 11.8 Å². The average molecular weight is 295 g/mol. The third kappa shape index (κ3) is 2.95. The molecule has 7 nitrogen and oxygen atoms in total. The Morgan fingerprint density at radius 1 is 1.50 bits per heavy atom. The van der Waals surface area contributed by atoms with E-state index in [0.29, 0.717) is 34.6 Å². The minimum atomic E-state index is -0.136. The molecule has 1 fully saturated rings. The Morgan fingerprint density at radius 2 is 2.30 bits per heavy atom. The predicted octanol–water partition coefficient (Wildman–Crippen LogP) is 1.78. The zero-order valence-corrected chi connectivity index (χ0v) is 12.3. The number of thioether (sulfide) groups is 1. The van der Waals surface area contributed by atoms with Gasteiger partial charge >= 0.3 is 5.69 Å². The fourth-order valence-corrected chi connectivity index (χ4v) is 2.81. The van der Waals surface area contributed by atoms with Crippen LogP contribution in [0.25, 0.3) is 0 Å². The topological polar surface area (TPSA) is 89.6 Å². The van der Waals surface area contributed by atoms with Crippen LogP contribution in [0.2, 0.25) is 0 Å². The van der Waals surface area contributed by atoms with Crippen molar-refractivity contribution in [3.05, 3.63) is 22.2 Å². The number of H-pyrrole nitrogens is 1. The third-order valence-electron chi connectivity index (χ3n) is 3.01. The van der Waals surface area contributed by atoms with E-state index in [-0.39, 0.29) is 5.69 Å². The van der Waals surface area contributed by atoms with Crippen LogP contribution in [0.3, 0.4) is 0 Å². The van der Waals surface area contributed by atoms with E-state index in [0.717, 1.165) is 19.3 Å². The van der Waals surface area contributed by atoms with Crippen molar-refractivity contribution in [3.63, 3.8) is 0 Å². The molecule has 1 aliphatic rings. The highest BCUT2D eigenvalue weighted by Crippen LogP contribution is 2.36. The van der Waals surface area contributed by atoms with E-state index in [2.05, 4.69) is 34.2 Å². The molecule has 108 valence electrons. The maximum absolute atomic E-state index is 11.6. The van der Waals surface area contributed by atoms with Crippen LogP contribution in [0, 0.1) is 5.92 Å². The largest absolute Gasteiger partial charge is 0.344 e. The lowest BCUT2D eigenvalue weighted by Crippen LogP contribution is -2.16. The van der Waals surface area contributed by atoms with E-state index in [1.807, 2.05) is 0 Å². The number of hydrogen-bond donors (Lipinski definition) is 1. The Morgan fingerprint density at radius 3 is 3.00 bits per heavy atom. The van der Waals surface area contributed by atoms with Crippen LogP contribution in [0.4, 0.5) is 0 Å². The molecular formula is C12H17N5O2S. The first kappa shape index (κ1) is 13.4. The minimum Gasteiger partial charge on any atom is -0.339 e. The molecule has 0 saturated heterocycles. The van der Waals surface area contributed by atoms with Crippen LogP contribution in [0.15, 0.2) is 14.5 Å². The van der Waals surface area contributed by atoms with Crippen LogP contribution >= 0.6 is 11.8 Å². The lowest BCUT2D eigenvalue weighted by molar-refractivity contribution is 0.360. The van der Waals surface area contributed by atoms with E-state index in [1.54, 1.807) is 4.57 Å². The van der Waals surface area contributed by atoms with E-state index < -0.39 is 0 Å². The van der Waals surface area contributed by atoms with E-state index in [9.17, 15) is 4.79 Å². The van der Waals surface area contributed by atoms with Gasteiger partial charge in [-0.15, -0.1) is 5.10 Å². The molecule has 0 unspecified atom stereocenters. The average Bonchev–Trinajstić information content (AvgIpc) is 3.02. The Bertz CT molecular complexity index is 640. The third-order valence-corrected chi connectivity index (χ3v) is 3.96. The zero-order valence-electron chi connectivity index (χ0n) is 11.5. The standard InChI is InChI=1S/C12H17N5O2S/c1-7(2)5-10-13-9(16-19-10)6-20-12-15-14-11(18)17(12)8-3-4-8/h7-8H,3-6H2,1-2H3,(H,14,18). The summed E-state index contributed by atoms with van der Waals surface area (Å²) in [7, 11) is 0. The normalized spacial score (nSPS) is 15.2. The second-order valence-corrected chi connectivity index (χ2v) is 6.35. The molecule has 20 heavy (non-hydrogen) atoms. The van der Waals surface area contributed by atoms with Gasteiger partial charge in [-0.1, -0.05) is 30.8 Å². The van der Waals surface area contributed by atoms with Crippen molar-refractivity contribution in [2.24, 2.45) is 5.92 Å². The molecule has 0 atom stereocenters. The van der Waals surface area contributed by atoms with Crippen LogP contribution in [0.1, 0.15) is 44.4 Å². The summed E-state index contributed by atoms with van der Waals surface area (Å²) in [6, 6.07) is 0.311. The Kier molecular flexibility index (Phi) is 3.64. The predicted molar refractivity (Wildman–Crippen MR) is 73.5 cm³/mol. The quantitative estimate of drug-likeness (QED) is 0.817. The highest BCUT2D eigenvalue weighted by atomic mass is 32.2. The summed E-state index contributed by atoms with van der Waals surface area (Å²) in [6.45, 7) is 4.22. The molecular weight excluding hydrogens is 278 g/mol. The van der Waals surface area contributed by atoms with Crippen LogP contribution in [-0.2, 0) is 12.2 Å². The Hall–Kier alpha value is -1.57. The van der Waals surface area contributed by atoms with E-state index in [4.69, 9.17) is 4.52 Å². The lowest BCUT2D eigenvalue weighted by atomic mass is 10.1. The van der Waals surface area contributed by atoms with Gasteiger partial charge in [0.05, 0.1) is 5.75 Å². The molecule has 0 amide bonds. The van der Waals surface area contributed by atoms with Gasteiger partial charge in [0, 0.05) is 12.5 Å². The van der Waals surface area contributed by atoms with Crippen molar-refractivity contribution in [1.82, 2.24) is 24.9 Å². The summed E-state index contributed by atoms with van der Waals surface area (Å²) in [5, 5.41) is 11.2. The summed E-state index contributed by atoms with van der Waals surface area (Å²) in [5.41, 5.74) is -0.136. The fourth-order valence-electron chi connectivity index (χ4n) is 1.96. The second kappa shape index (κ2) is 5.43. The lowest BCUT2D eigenvalue weighted by Gasteiger charge is -2.00.